The molecular weight excluding hydrogens is 427 g/mol. The van der Waals surface area contributed by atoms with Gasteiger partial charge in [0.15, 0.2) is 11.5 Å². The SMILES string of the molecule is CCOc1ccc([C@H]2NC(=O)NC(C)=C2C(=O)Nc2cccc(C(F)(F)F)c2)cc1OC. The van der Waals surface area contributed by atoms with Crippen LogP contribution < -0.4 is 25.4 Å². The van der Waals surface area contributed by atoms with Crippen molar-refractivity contribution in [2.75, 3.05) is 19.0 Å². The Balaban J connectivity index is 1.95. The number of amides is 3. The summed E-state index contributed by atoms with van der Waals surface area (Å²) in [6.45, 7) is 3.78. The lowest BCUT2D eigenvalue weighted by Gasteiger charge is -2.29. The van der Waals surface area contributed by atoms with Gasteiger partial charge in [0.25, 0.3) is 5.91 Å². The molecule has 1 atom stereocenters. The number of urea groups is 1. The molecule has 0 saturated heterocycles. The van der Waals surface area contributed by atoms with Gasteiger partial charge in [-0.1, -0.05) is 12.1 Å². The van der Waals surface area contributed by atoms with Crippen molar-refractivity contribution in [2.24, 2.45) is 0 Å². The van der Waals surface area contributed by atoms with Crippen LogP contribution in [0.3, 0.4) is 0 Å². The van der Waals surface area contributed by atoms with Crippen LogP contribution in [0, 0.1) is 0 Å². The van der Waals surface area contributed by atoms with Gasteiger partial charge in [-0.3, -0.25) is 4.79 Å². The quantitative estimate of drug-likeness (QED) is 0.611. The van der Waals surface area contributed by atoms with Crippen molar-refractivity contribution in [2.45, 2.75) is 26.1 Å². The number of carbonyl (C=O) groups excluding carboxylic acids is 2. The van der Waals surface area contributed by atoms with E-state index in [4.69, 9.17) is 9.47 Å². The third kappa shape index (κ3) is 4.96. The Kier molecular flexibility index (Phi) is 6.61. The van der Waals surface area contributed by atoms with Crippen LogP contribution in [0.1, 0.15) is 31.0 Å². The number of methoxy groups -OCH3 is 1. The number of rotatable bonds is 6. The molecule has 2 aromatic rings. The van der Waals surface area contributed by atoms with Gasteiger partial charge in [-0.2, -0.15) is 13.2 Å². The maximum atomic E-state index is 13.1. The molecule has 1 aliphatic rings. The van der Waals surface area contributed by atoms with Crippen molar-refractivity contribution < 1.29 is 32.2 Å². The lowest BCUT2D eigenvalue weighted by molar-refractivity contribution is -0.137. The van der Waals surface area contributed by atoms with Crippen LogP contribution in [0.4, 0.5) is 23.7 Å². The highest BCUT2D eigenvalue weighted by molar-refractivity contribution is 6.06. The summed E-state index contributed by atoms with van der Waals surface area (Å²) in [7, 11) is 1.46. The second kappa shape index (κ2) is 9.21. The van der Waals surface area contributed by atoms with E-state index in [0.717, 1.165) is 12.1 Å². The first-order valence-electron chi connectivity index (χ1n) is 9.71. The van der Waals surface area contributed by atoms with Gasteiger partial charge in [-0.25, -0.2) is 4.79 Å². The fraction of sp³-hybridized carbons (Fsp3) is 0.273. The maximum absolute atomic E-state index is 13.1. The zero-order valence-electron chi connectivity index (χ0n) is 17.6. The smallest absolute Gasteiger partial charge is 0.416 e. The van der Waals surface area contributed by atoms with E-state index in [-0.39, 0.29) is 17.0 Å². The molecule has 3 rings (SSSR count). The Labute approximate surface area is 182 Å². The Hall–Kier alpha value is -3.69. The minimum atomic E-state index is -4.54. The average Bonchev–Trinajstić information content (AvgIpc) is 2.73. The minimum absolute atomic E-state index is 0.0231. The van der Waals surface area contributed by atoms with Crippen molar-refractivity contribution in [1.82, 2.24) is 10.6 Å². The zero-order chi connectivity index (χ0) is 23.5. The summed E-state index contributed by atoms with van der Waals surface area (Å²) in [6, 6.07) is 7.90. The first-order chi connectivity index (χ1) is 15.1. The highest BCUT2D eigenvalue weighted by atomic mass is 19.4. The maximum Gasteiger partial charge on any atom is 0.416 e. The first-order valence-corrected chi connectivity index (χ1v) is 9.71. The van der Waals surface area contributed by atoms with Crippen LogP contribution in [0.15, 0.2) is 53.7 Å². The Bertz CT molecular complexity index is 1070. The fourth-order valence-corrected chi connectivity index (χ4v) is 3.36. The minimum Gasteiger partial charge on any atom is -0.493 e. The molecule has 1 heterocycles. The van der Waals surface area contributed by atoms with Crippen LogP contribution in [0.2, 0.25) is 0 Å². The van der Waals surface area contributed by atoms with Crippen LogP contribution in [0.25, 0.3) is 0 Å². The number of ether oxygens (including phenoxy) is 2. The fourth-order valence-electron chi connectivity index (χ4n) is 3.36. The standard InChI is InChI=1S/C22H22F3N3O4/c1-4-32-16-9-8-13(10-17(16)31-3)19-18(12(2)26-21(30)28-19)20(29)27-15-7-5-6-14(11-15)22(23,24)25/h5-11,19H,4H2,1-3H3,(H,27,29)(H2,26,28,30)/t19-/m1/s1. The molecule has 170 valence electrons. The molecule has 0 unspecified atom stereocenters. The van der Waals surface area contributed by atoms with Crippen LogP contribution >= 0.6 is 0 Å². The van der Waals surface area contributed by atoms with E-state index in [1.54, 1.807) is 25.1 Å². The molecule has 0 saturated carbocycles. The second-order valence-electron chi connectivity index (χ2n) is 6.95. The van der Waals surface area contributed by atoms with Crippen molar-refractivity contribution in [1.29, 1.82) is 0 Å². The van der Waals surface area contributed by atoms with Crippen LogP contribution in [-0.2, 0) is 11.0 Å². The van der Waals surface area contributed by atoms with Crippen molar-refractivity contribution in [3.63, 3.8) is 0 Å². The lowest BCUT2D eigenvalue weighted by Crippen LogP contribution is -2.46. The zero-order valence-corrected chi connectivity index (χ0v) is 17.6. The summed E-state index contributed by atoms with van der Waals surface area (Å²) in [6.07, 6.45) is -4.54. The molecule has 0 bridgehead atoms. The van der Waals surface area contributed by atoms with E-state index in [2.05, 4.69) is 16.0 Å². The lowest BCUT2D eigenvalue weighted by atomic mass is 9.94. The van der Waals surface area contributed by atoms with Crippen molar-refractivity contribution in [3.05, 3.63) is 64.9 Å². The molecule has 0 radical (unpaired) electrons. The molecule has 0 spiro atoms. The van der Waals surface area contributed by atoms with E-state index in [1.807, 2.05) is 6.92 Å². The van der Waals surface area contributed by atoms with Gasteiger partial charge >= 0.3 is 12.2 Å². The van der Waals surface area contributed by atoms with E-state index >= 15 is 0 Å². The van der Waals surface area contributed by atoms with Gasteiger partial charge in [-0.15, -0.1) is 0 Å². The highest BCUT2D eigenvalue weighted by Gasteiger charge is 2.33. The van der Waals surface area contributed by atoms with Gasteiger partial charge < -0.3 is 25.4 Å². The average molecular weight is 449 g/mol. The second-order valence-corrected chi connectivity index (χ2v) is 6.95. The number of hydrogen-bond donors (Lipinski definition) is 3. The van der Waals surface area contributed by atoms with E-state index in [1.165, 1.54) is 19.2 Å². The van der Waals surface area contributed by atoms with Gasteiger partial charge in [0.05, 0.1) is 30.9 Å². The predicted molar refractivity (Wildman–Crippen MR) is 111 cm³/mol. The number of benzene rings is 2. The number of anilines is 1. The first kappa shape index (κ1) is 23.0. The summed E-state index contributed by atoms with van der Waals surface area (Å²) in [5.41, 5.74) is 0.0481. The van der Waals surface area contributed by atoms with Gasteiger partial charge in [0.2, 0.25) is 0 Å². The number of allylic oxidation sites excluding steroid dienone is 1. The molecule has 10 heteroatoms. The van der Waals surface area contributed by atoms with Gasteiger partial charge in [0, 0.05) is 11.4 Å². The summed E-state index contributed by atoms with van der Waals surface area (Å²) in [5, 5.41) is 7.68. The molecule has 3 amide bonds. The number of hydrogen-bond acceptors (Lipinski definition) is 4. The van der Waals surface area contributed by atoms with Crippen LogP contribution in [0.5, 0.6) is 11.5 Å². The number of halogens is 3. The topological polar surface area (TPSA) is 88.7 Å². The van der Waals surface area contributed by atoms with Crippen molar-refractivity contribution >= 4 is 17.6 Å². The summed E-state index contributed by atoms with van der Waals surface area (Å²) >= 11 is 0. The molecule has 2 aromatic carbocycles. The number of carbonyl (C=O) groups is 2. The normalized spacial score (nSPS) is 16.2. The van der Waals surface area contributed by atoms with Crippen LogP contribution in [-0.4, -0.2) is 25.7 Å². The number of nitrogens with one attached hydrogen (secondary N) is 3. The number of alkyl halides is 3. The third-order valence-electron chi connectivity index (χ3n) is 4.78. The summed E-state index contributed by atoms with van der Waals surface area (Å²) < 4.78 is 49.9. The Morgan fingerprint density at radius 1 is 1.16 bits per heavy atom. The molecule has 1 aliphatic heterocycles. The molecule has 32 heavy (non-hydrogen) atoms. The molecule has 0 fully saturated rings. The largest absolute Gasteiger partial charge is 0.493 e. The molecular formula is C22H22F3N3O4. The van der Waals surface area contributed by atoms with Gasteiger partial charge in [0.1, 0.15) is 0 Å². The molecule has 7 nitrogen and oxygen atoms in total. The Morgan fingerprint density at radius 3 is 2.56 bits per heavy atom. The predicted octanol–water partition coefficient (Wildman–Crippen LogP) is 4.38. The van der Waals surface area contributed by atoms with E-state index < -0.39 is 29.7 Å². The van der Waals surface area contributed by atoms with E-state index in [0.29, 0.717) is 23.7 Å². The van der Waals surface area contributed by atoms with Gasteiger partial charge in [-0.05, 0) is 49.7 Å². The molecule has 3 N–H and O–H groups in total. The third-order valence-corrected chi connectivity index (χ3v) is 4.78. The summed E-state index contributed by atoms with van der Waals surface area (Å²) in [4.78, 5) is 25.1. The molecule has 0 aromatic heterocycles. The van der Waals surface area contributed by atoms with Crippen molar-refractivity contribution in [3.8, 4) is 11.5 Å². The summed E-state index contributed by atoms with van der Waals surface area (Å²) in [5.74, 6) is 0.245. The van der Waals surface area contributed by atoms with E-state index in [9.17, 15) is 22.8 Å². The molecule has 0 aliphatic carbocycles. The Morgan fingerprint density at radius 2 is 1.91 bits per heavy atom. The highest BCUT2D eigenvalue weighted by Crippen LogP contribution is 2.35. The monoisotopic (exact) mass is 449 g/mol.